The molecule has 0 unspecified atom stereocenters. The largest absolute Gasteiger partial charge is 0.324 e. The molecule has 68 valence electrons. The van der Waals surface area contributed by atoms with Crippen LogP contribution in [0.5, 0.6) is 0 Å². The van der Waals surface area contributed by atoms with Gasteiger partial charge in [-0.3, -0.25) is 0 Å². The lowest BCUT2D eigenvalue weighted by molar-refractivity contribution is 0.524. The van der Waals surface area contributed by atoms with Crippen LogP contribution in [-0.2, 0) is 9.13 Å². The predicted octanol–water partition coefficient (Wildman–Crippen LogP) is 2.59. The first-order valence-electron chi connectivity index (χ1n) is 3.64. The molecule has 0 aromatic carbocycles. The van der Waals surface area contributed by atoms with Gasteiger partial charge in [0, 0.05) is 0 Å². The van der Waals surface area contributed by atoms with Gasteiger partial charge in [0.2, 0.25) is 0 Å². The van der Waals surface area contributed by atoms with Crippen molar-refractivity contribution in [1.82, 2.24) is 0 Å². The van der Waals surface area contributed by atoms with Crippen LogP contribution >= 0.6 is 15.8 Å². The van der Waals surface area contributed by atoms with Crippen LogP contribution < -0.4 is 0 Å². The average molecular weight is 198 g/mol. The van der Waals surface area contributed by atoms with E-state index in [9.17, 15) is 4.57 Å². The molecule has 5 heteroatoms. The van der Waals surface area contributed by atoms with Gasteiger partial charge in [0.05, 0.1) is 7.14 Å². The highest BCUT2D eigenvalue weighted by molar-refractivity contribution is 7.63. The summed E-state index contributed by atoms with van der Waals surface area (Å²) in [5.41, 5.74) is 0. The van der Waals surface area contributed by atoms with Gasteiger partial charge in [-0.1, -0.05) is 20.8 Å². The molecule has 0 heterocycles. The highest BCUT2D eigenvalue weighted by Crippen LogP contribution is 2.43. The van der Waals surface area contributed by atoms with E-state index in [0.717, 1.165) is 18.5 Å². The van der Waals surface area contributed by atoms with Gasteiger partial charge in [-0.15, -0.1) is 0 Å². The third-order valence-electron chi connectivity index (χ3n) is 1.73. The SMILES string of the molecule is CCP(=O)(CC)CC.O=PO. The third-order valence-corrected chi connectivity index (χ3v) is 5.19. The lowest BCUT2D eigenvalue weighted by Crippen LogP contribution is -1.90. The average Bonchev–Trinajstić information content (AvgIpc) is 2.05. The molecule has 0 aliphatic heterocycles. The molecule has 1 N–H and O–H groups in total. The summed E-state index contributed by atoms with van der Waals surface area (Å²) in [5, 5.41) is 0. The van der Waals surface area contributed by atoms with Crippen LogP contribution in [0.1, 0.15) is 20.8 Å². The van der Waals surface area contributed by atoms with Gasteiger partial charge in [-0.2, -0.15) is 0 Å². The van der Waals surface area contributed by atoms with E-state index in [1.54, 1.807) is 0 Å². The number of rotatable bonds is 3. The van der Waals surface area contributed by atoms with E-state index in [1.165, 1.54) is 0 Å². The summed E-state index contributed by atoms with van der Waals surface area (Å²) in [7, 11) is -2.50. The number of hydrogen-bond acceptors (Lipinski definition) is 2. The van der Waals surface area contributed by atoms with Gasteiger partial charge in [0.1, 0.15) is 0 Å². The van der Waals surface area contributed by atoms with Crippen LogP contribution in [-0.4, -0.2) is 23.4 Å². The molecule has 0 spiro atoms. The maximum atomic E-state index is 11.3. The highest BCUT2D eigenvalue weighted by Gasteiger charge is 2.11. The maximum Gasteiger partial charge on any atom is 0.324 e. The maximum absolute atomic E-state index is 11.3. The van der Waals surface area contributed by atoms with E-state index in [1.807, 2.05) is 20.8 Å². The lowest BCUT2D eigenvalue weighted by Gasteiger charge is -2.08. The summed E-state index contributed by atoms with van der Waals surface area (Å²) in [6.45, 7) is 6.02. The topological polar surface area (TPSA) is 54.4 Å². The zero-order chi connectivity index (χ0) is 9.33. The quantitative estimate of drug-likeness (QED) is 0.709. The van der Waals surface area contributed by atoms with E-state index >= 15 is 0 Å². The van der Waals surface area contributed by atoms with Crippen LogP contribution in [0.4, 0.5) is 0 Å². The van der Waals surface area contributed by atoms with E-state index in [0.29, 0.717) is 0 Å². The highest BCUT2D eigenvalue weighted by atomic mass is 31.2. The first kappa shape index (κ1) is 13.9. The summed E-state index contributed by atoms with van der Waals surface area (Å²) in [4.78, 5) is 6.99. The lowest BCUT2D eigenvalue weighted by atomic mass is 10.9. The minimum Gasteiger partial charge on any atom is -0.324 e. The Labute approximate surface area is 69.9 Å². The van der Waals surface area contributed by atoms with E-state index in [4.69, 9.17) is 9.46 Å². The van der Waals surface area contributed by atoms with E-state index < -0.39 is 15.8 Å². The molecule has 0 aliphatic carbocycles. The van der Waals surface area contributed by atoms with Crippen molar-refractivity contribution in [3.63, 3.8) is 0 Å². The van der Waals surface area contributed by atoms with Gasteiger partial charge < -0.3 is 9.46 Å². The zero-order valence-electron chi connectivity index (χ0n) is 7.28. The van der Waals surface area contributed by atoms with Crippen LogP contribution in [0, 0.1) is 0 Å². The molecule has 0 amide bonds. The fourth-order valence-corrected chi connectivity index (χ4v) is 2.01. The first-order chi connectivity index (χ1) is 5.10. The van der Waals surface area contributed by atoms with E-state index in [-0.39, 0.29) is 0 Å². The van der Waals surface area contributed by atoms with Crippen molar-refractivity contribution in [2.24, 2.45) is 0 Å². The van der Waals surface area contributed by atoms with Gasteiger partial charge in [-0.25, -0.2) is 4.57 Å². The molecule has 11 heavy (non-hydrogen) atoms. The monoisotopic (exact) mass is 198 g/mol. The Morgan fingerprint density at radius 1 is 1.18 bits per heavy atom. The molecular weight excluding hydrogens is 182 g/mol. The third kappa shape index (κ3) is 8.19. The van der Waals surface area contributed by atoms with E-state index in [2.05, 4.69) is 0 Å². The van der Waals surface area contributed by atoms with Gasteiger partial charge in [0.15, 0.2) is 0 Å². The molecule has 0 bridgehead atoms. The van der Waals surface area contributed by atoms with Gasteiger partial charge >= 0.3 is 8.69 Å². The molecule has 0 atom stereocenters. The van der Waals surface area contributed by atoms with Gasteiger partial charge in [0.25, 0.3) is 0 Å². The molecule has 0 radical (unpaired) electrons. The van der Waals surface area contributed by atoms with Crippen LogP contribution in [0.25, 0.3) is 0 Å². The summed E-state index contributed by atoms with van der Waals surface area (Å²) in [6.07, 6.45) is 2.62. The van der Waals surface area contributed by atoms with Crippen molar-refractivity contribution in [2.75, 3.05) is 18.5 Å². The fourth-order valence-electron chi connectivity index (χ4n) is 0.671. The van der Waals surface area contributed by atoms with Crippen LogP contribution in [0.3, 0.4) is 0 Å². The Balaban J connectivity index is 0. The Hall–Kier alpha value is 0.290. The minimum atomic E-state index is -1.66. The van der Waals surface area contributed by atoms with Crippen molar-refractivity contribution in [3.8, 4) is 0 Å². The Morgan fingerprint density at radius 3 is 1.36 bits per heavy atom. The molecule has 0 aliphatic rings. The molecule has 0 rings (SSSR count). The fraction of sp³-hybridized carbons (Fsp3) is 1.00. The second-order valence-electron chi connectivity index (χ2n) is 2.09. The molecule has 0 fully saturated rings. The summed E-state index contributed by atoms with van der Waals surface area (Å²) >= 11 is 0. The van der Waals surface area contributed by atoms with Crippen molar-refractivity contribution in [1.29, 1.82) is 0 Å². The van der Waals surface area contributed by atoms with Crippen molar-refractivity contribution < 1.29 is 14.0 Å². The molecule has 3 nitrogen and oxygen atoms in total. The number of hydrogen-bond donors (Lipinski definition) is 1. The Bertz CT molecular complexity index is 117. The summed E-state index contributed by atoms with van der Waals surface area (Å²) < 4.78 is 19.8. The molecule has 0 saturated carbocycles. The molecule has 0 saturated heterocycles. The summed E-state index contributed by atoms with van der Waals surface area (Å²) in [5.74, 6) is 0. The Morgan fingerprint density at radius 2 is 1.36 bits per heavy atom. The van der Waals surface area contributed by atoms with Crippen molar-refractivity contribution in [3.05, 3.63) is 0 Å². The molecule has 0 aromatic rings. The first-order valence-corrected chi connectivity index (χ1v) is 6.66. The second kappa shape index (κ2) is 8.39. The van der Waals surface area contributed by atoms with Crippen LogP contribution in [0.2, 0.25) is 0 Å². The molecular formula is C6H16O3P2. The normalized spacial score (nSPS) is 10.5. The van der Waals surface area contributed by atoms with Crippen molar-refractivity contribution >= 4 is 15.8 Å². The minimum absolute atomic E-state index is 0.833. The predicted molar refractivity (Wildman–Crippen MR) is 49.1 cm³/mol. The zero-order valence-corrected chi connectivity index (χ0v) is 9.07. The Kier molecular flexibility index (Phi) is 10.6. The standard InChI is InChI=1S/C6H15OP.HO2P/c1-4-8(7,5-2)6-3;1-3-2/h4-6H2,1-3H3;(H,1,2). The summed E-state index contributed by atoms with van der Waals surface area (Å²) in [6, 6.07) is 0. The van der Waals surface area contributed by atoms with Crippen LogP contribution in [0.15, 0.2) is 0 Å². The van der Waals surface area contributed by atoms with Crippen molar-refractivity contribution in [2.45, 2.75) is 20.8 Å². The molecule has 0 aromatic heterocycles. The smallest absolute Gasteiger partial charge is 0.324 e. The second-order valence-corrected chi connectivity index (χ2v) is 6.27. The van der Waals surface area contributed by atoms with Gasteiger partial charge in [-0.05, 0) is 18.5 Å².